The third-order valence-electron chi connectivity index (χ3n) is 2.86. The fraction of sp³-hybridized carbons (Fsp3) is 0.154. The minimum atomic E-state index is -0.886. The first kappa shape index (κ1) is 14.0. The van der Waals surface area contributed by atoms with E-state index in [1.165, 1.54) is 0 Å². The molecule has 0 saturated heterocycles. The van der Waals surface area contributed by atoms with Crippen LogP contribution in [0.2, 0.25) is 5.02 Å². The standard InChI is InChI=1S/C13H11ClN4O2S/c1-17-6-9(5-15-17)18-11-3-2-8(14)4-10(11)16-13(18)21-7-12(19)20/h2-6H,7H2,1H3,(H,19,20). The molecule has 0 amide bonds. The number of rotatable bonds is 4. The maximum Gasteiger partial charge on any atom is 0.313 e. The van der Waals surface area contributed by atoms with E-state index < -0.39 is 5.97 Å². The summed E-state index contributed by atoms with van der Waals surface area (Å²) >= 11 is 7.15. The maximum absolute atomic E-state index is 10.8. The number of thioether (sulfide) groups is 1. The maximum atomic E-state index is 10.8. The van der Waals surface area contributed by atoms with Crippen molar-refractivity contribution in [3.63, 3.8) is 0 Å². The molecule has 0 aliphatic carbocycles. The van der Waals surface area contributed by atoms with E-state index in [9.17, 15) is 4.79 Å². The number of carboxylic acids is 1. The minimum absolute atomic E-state index is 0.0582. The first-order chi connectivity index (χ1) is 10.0. The van der Waals surface area contributed by atoms with Gasteiger partial charge in [0.1, 0.15) is 0 Å². The van der Waals surface area contributed by atoms with Crippen molar-refractivity contribution in [2.24, 2.45) is 7.05 Å². The van der Waals surface area contributed by atoms with E-state index in [1.807, 2.05) is 23.9 Å². The average molecular weight is 323 g/mol. The SMILES string of the molecule is Cn1cc(-n2c(SCC(=O)O)nc3cc(Cl)ccc32)cn1. The Labute approximate surface area is 129 Å². The molecule has 3 aromatic rings. The molecular weight excluding hydrogens is 312 g/mol. The summed E-state index contributed by atoms with van der Waals surface area (Å²) in [6.07, 6.45) is 3.56. The van der Waals surface area contributed by atoms with E-state index in [1.54, 1.807) is 23.0 Å². The van der Waals surface area contributed by atoms with Gasteiger partial charge in [0.2, 0.25) is 0 Å². The van der Waals surface area contributed by atoms with Crippen LogP contribution in [0.4, 0.5) is 0 Å². The third kappa shape index (κ3) is 2.74. The number of carboxylic acid groups (broad SMARTS) is 1. The highest BCUT2D eigenvalue weighted by Crippen LogP contribution is 2.29. The van der Waals surface area contributed by atoms with E-state index in [0.717, 1.165) is 28.5 Å². The highest BCUT2D eigenvalue weighted by atomic mass is 35.5. The van der Waals surface area contributed by atoms with Gasteiger partial charge in [-0.2, -0.15) is 5.10 Å². The molecule has 1 N–H and O–H groups in total. The van der Waals surface area contributed by atoms with E-state index in [4.69, 9.17) is 16.7 Å². The summed E-state index contributed by atoms with van der Waals surface area (Å²) in [6.45, 7) is 0. The molecule has 8 heteroatoms. The van der Waals surface area contributed by atoms with Crippen LogP contribution in [0.3, 0.4) is 0 Å². The second kappa shape index (κ2) is 5.42. The van der Waals surface area contributed by atoms with Crippen LogP contribution in [0.1, 0.15) is 0 Å². The zero-order valence-electron chi connectivity index (χ0n) is 11.0. The number of benzene rings is 1. The number of fused-ring (bicyclic) bond motifs is 1. The van der Waals surface area contributed by atoms with Crippen molar-refractivity contribution >= 4 is 40.4 Å². The van der Waals surface area contributed by atoms with Gasteiger partial charge >= 0.3 is 5.97 Å². The number of aromatic nitrogens is 4. The smallest absolute Gasteiger partial charge is 0.313 e. The summed E-state index contributed by atoms with van der Waals surface area (Å²) in [5.41, 5.74) is 2.41. The Morgan fingerprint density at radius 1 is 1.48 bits per heavy atom. The van der Waals surface area contributed by atoms with Gasteiger partial charge in [0, 0.05) is 18.3 Å². The molecule has 0 aliphatic heterocycles. The van der Waals surface area contributed by atoms with Crippen LogP contribution in [0.5, 0.6) is 0 Å². The summed E-state index contributed by atoms with van der Waals surface area (Å²) in [4.78, 5) is 15.3. The quantitative estimate of drug-likeness (QED) is 0.747. The predicted molar refractivity (Wildman–Crippen MR) is 81.2 cm³/mol. The van der Waals surface area contributed by atoms with Gasteiger partial charge < -0.3 is 5.11 Å². The molecule has 3 rings (SSSR count). The Balaban J connectivity index is 2.17. The third-order valence-corrected chi connectivity index (χ3v) is 4.02. The van der Waals surface area contributed by atoms with Crippen molar-refractivity contribution < 1.29 is 9.90 Å². The molecule has 0 radical (unpaired) electrons. The van der Waals surface area contributed by atoms with Crippen molar-refractivity contribution in [1.82, 2.24) is 19.3 Å². The van der Waals surface area contributed by atoms with Gasteiger partial charge in [0.25, 0.3) is 0 Å². The first-order valence-electron chi connectivity index (χ1n) is 6.06. The summed E-state index contributed by atoms with van der Waals surface area (Å²) < 4.78 is 3.56. The van der Waals surface area contributed by atoms with Crippen molar-refractivity contribution in [1.29, 1.82) is 0 Å². The molecule has 0 unspecified atom stereocenters. The lowest BCUT2D eigenvalue weighted by Gasteiger charge is -2.04. The topological polar surface area (TPSA) is 72.9 Å². The second-order valence-corrected chi connectivity index (χ2v) is 5.80. The van der Waals surface area contributed by atoms with E-state index in [0.29, 0.717) is 10.2 Å². The summed E-state index contributed by atoms with van der Waals surface area (Å²) in [7, 11) is 1.82. The minimum Gasteiger partial charge on any atom is -0.481 e. The summed E-state index contributed by atoms with van der Waals surface area (Å²) in [6, 6.07) is 5.40. The lowest BCUT2D eigenvalue weighted by molar-refractivity contribution is -0.133. The van der Waals surface area contributed by atoms with Crippen LogP contribution in [0, 0.1) is 0 Å². The Morgan fingerprint density at radius 2 is 2.29 bits per heavy atom. The Hall–Kier alpha value is -1.99. The van der Waals surface area contributed by atoms with Gasteiger partial charge in [-0.1, -0.05) is 23.4 Å². The molecular formula is C13H11ClN4O2S. The summed E-state index contributed by atoms with van der Waals surface area (Å²) in [5, 5.41) is 14.2. The molecule has 0 aliphatic rings. The summed E-state index contributed by atoms with van der Waals surface area (Å²) in [5.74, 6) is -0.944. The zero-order valence-corrected chi connectivity index (χ0v) is 12.6. The Bertz CT molecular complexity index is 827. The Kier molecular flexibility index (Phi) is 3.60. The lowest BCUT2D eigenvalue weighted by Crippen LogP contribution is -2.01. The number of nitrogens with zero attached hydrogens (tertiary/aromatic N) is 4. The van der Waals surface area contributed by atoms with Gasteiger partial charge in [-0.25, -0.2) is 4.98 Å². The molecule has 108 valence electrons. The molecule has 0 bridgehead atoms. The zero-order chi connectivity index (χ0) is 15.0. The van der Waals surface area contributed by atoms with E-state index >= 15 is 0 Å². The predicted octanol–water partition coefficient (Wildman–Crippen LogP) is 2.59. The number of carbonyl (C=O) groups is 1. The first-order valence-corrected chi connectivity index (χ1v) is 7.42. The molecule has 21 heavy (non-hydrogen) atoms. The number of hydrogen-bond acceptors (Lipinski definition) is 4. The van der Waals surface area contributed by atoms with E-state index in [-0.39, 0.29) is 5.75 Å². The number of aliphatic carboxylic acids is 1. The van der Waals surface area contributed by atoms with Crippen LogP contribution in [-0.4, -0.2) is 36.2 Å². The molecule has 2 heterocycles. The van der Waals surface area contributed by atoms with Crippen LogP contribution in [0.15, 0.2) is 35.7 Å². The Morgan fingerprint density at radius 3 is 2.95 bits per heavy atom. The van der Waals surface area contributed by atoms with Gasteiger partial charge in [0.05, 0.1) is 28.7 Å². The van der Waals surface area contributed by atoms with Crippen LogP contribution < -0.4 is 0 Å². The largest absolute Gasteiger partial charge is 0.481 e. The number of imidazole rings is 1. The van der Waals surface area contributed by atoms with Crippen molar-refractivity contribution in [3.8, 4) is 5.69 Å². The molecule has 0 saturated carbocycles. The van der Waals surface area contributed by atoms with Crippen LogP contribution in [0.25, 0.3) is 16.7 Å². The highest BCUT2D eigenvalue weighted by molar-refractivity contribution is 7.99. The van der Waals surface area contributed by atoms with Gasteiger partial charge in [-0.05, 0) is 18.2 Å². The number of halogens is 1. The van der Waals surface area contributed by atoms with Gasteiger partial charge in [0.15, 0.2) is 5.16 Å². The van der Waals surface area contributed by atoms with Crippen molar-refractivity contribution in [2.45, 2.75) is 5.16 Å². The van der Waals surface area contributed by atoms with Gasteiger partial charge in [-0.15, -0.1) is 0 Å². The van der Waals surface area contributed by atoms with Crippen LogP contribution >= 0.6 is 23.4 Å². The second-order valence-electron chi connectivity index (χ2n) is 4.42. The fourth-order valence-corrected chi connectivity index (χ4v) is 2.94. The molecule has 0 atom stereocenters. The normalized spacial score (nSPS) is 11.1. The monoisotopic (exact) mass is 322 g/mol. The number of aryl methyl sites for hydroxylation is 1. The molecule has 0 fully saturated rings. The van der Waals surface area contributed by atoms with Gasteiger partial charge in [-0.3, -0.25) is 14.0 Å². The molecule has 1 aromatic carbocycles. The van der Waals surface area contributed by atoms with Crippen LogP contribution in [-0.2, 0) is 11.8 Å². The number of hydrogen-bond donors (Lipinski definition) is 1. The van der Waals surface area contributed by atoms with Crippen molar-refractivity contribution in [3.05, 3.63) is 35.6 Å². The van der Waals surface area contributed by atoms with E-state index in [2.05, 4.69) is 10.1 Å². The molecule has 0 spiro atoms. The molecule has 2 aromatic heterocycles. The average Bonchev–Trinajstić information content (AvgIpc) is 2.98. The fourth-order valence-electron chi connectivity index (χ4n) is 2.03. The van der Waals surface area contributed by atoms with Crippen molar-refractivity contribution in [2.75, 3.05) is 5.75 Å². The lowest BCUT2D eigenvalue weighted by atomic mass is 10.3. The highest BCUT2D eigenvalue weighted by Gasteiger charge is 2.15. The molecule has 6 nitrogen and oxygen atoms in total.